The lowest BCUT2D eigenvalue weighted by Gasteiger charge is -2.28. The predicted octanol–water partition coefficient (Wildman–Crippen LogP) is 3.33. The molecular formula is C21H24N4O2S. The molecule has 2 aliphatic rings. The van der Waals surface area contributed by atoms with Gasteiger partial charge in [0.05, 0.1) is 5.92 Å². The molecule has 1 unspecified atom stereocenters. The van der Waals surface area contributed by atoms with Crippen LogP contribution in [0.15, 0.2) is 36.4 Å². The van der Waals surface area contributed by atoms with Crippen molar-refractivity contribution in [3.05, 3.63) is 47.0 Å². The number of hydrogen-bond donors (Lipinski definition) is 0. The number of nitrogens with zero attached hydrogens (tertiary/aromatic N) is 4. The van der Waals surface area contributed by atoms with Crippen molar-refractivity contribution < 1.29 is 9.59 Å². The lowest BCUT2D eigenvalue weighted by molar-refractivity contribution is -0.135. The Labute approximate surface area is 168 Å². The number of hydrogen-bond acceptors (Lipinski definition) is 5. The number of benzene rings is 1. The first-order chi connectivity index (χ1) is 13.5. The van der Waals surface area contributed by atoms with Gasteiger partial charge in [-0.25, -0.2) is 0 Å². The number of aromatic nitrogens is 2. The highest BCUT2D eigenvalue weighted by atomic mass is 32.1. The van der Waals surface area contributed by atoms with Crippen molar-refractivity contribution in [3.63, 3.8) is 0 Å². The summed E-state index contributed by atoms with van der Waals surface area (Å²) in [5, 5.41) is 9.84. The molecule has 6 nitrogen and oxygen atoms in total. The van der Waals surface area contributed by atoms with Crippen molar-refractivity contribution in [1.82, 2.24) is 15.1 Å². The summed E-state index contributed by atoms with van der Waals surface area (Å²) < 4.78 is 0. The van der Waals surface area contributed by atoms with Gasteiger partial charge in [0, 0.05) is 32.0 Å². The molecule has 4 rings (SSSR count). The maximum Gasteiger partial charge on any atom is 0.229 e. The molecule has 2 aliphatic heterocycles. The Morgan fingerprint density at radius 1 is 1.21 bits per heavy atom. The minimum atomic E-state index is -0.300. The largest absolute Gasteiger partial charge is 0.338 e. The normalized spacial score (nSPS) is 20.0. The zero-order valence-corrected chi connectivity index (χ0v) is 17.0. The van der Waals surface area contributed by atoms with E-state index in [0.717, 1.165) is 11.4 Å². The van der Waals surface area contributed by atoms with Gasteiger partial charge in [0.1, 0.15) is 5.01 Å². The zero-order valence-electron chi connectivity index (χ0n) is 16.2. The fourth-order valence-electron chi connectivity index (χ4n) is 3.67. The van der Waals surface area contributed by atoms with Crippen molar-refractivity contribution in [1.29, 1.82) is 0 Å². The second-order valence-electron chi connectivity index (χ2n) is 7.61. The van der Waals surface area contributed by atoms with E-state index >= 15 is 0 Å². The summed E-state index contributed by atoms with van der Waals surface area (Å²) in [5.41, 5.74) is 2.50. The van der Waals surface area contributed by atoms with Gasteiger partial charge in [0.2, 0.25) is 16.9 Å². The van der Waals surface area contributed by atoms with Crippen molar-refractivity contribution >= 4 is 33.9 Å². The van der Waals surface area contributed by atoms with Gasteiger partial charge in [-0.05, 0) is 17.6 Å². The summed E-state index contributed by atoms with van der Waals surface area (Å²) >= 11 is 1.44. The molecule has 2 aromatic rings. The standard InChI is InChI=1S/C21H24N4O2S/c1-14(2)19-22-23-21(28-19)25-13-17(12-18(25)26)20(27)24-10-8-16(9-11-24)15-6-4-3-5-7-15/h3-8,14,17H,9-13H2,1-2H3. The number of rotatable bonds is 4. The van der Waals surface area contributed by atoms with Crippen molar-refractivity contribution in [2.75, 3.05) is 24.5 Å². The van der Waals surface area contributed by atoms with Gasteiger partial charge < -0.3 is 4.90 Å². The summed E-state index contributed by atoms with van der Waals surface area (Å²) in [6, 6.07) is 10.3. The average molecular weight is 397 g/mol. The first kappa shape index (κ1) is 18.8. The Kier molecular flexibility index (Phi) is 5.26. The molecule has 0 radical (unpaired) electrons. The minimum absolute atomic E-state index is 0.0395. The fraction of sp³-hybridized carbons (Fsp3) is 0.429. The molecule has 0 aliphatic carbocycles. The van der Waals surface area contributed by atoms with Crippen molar-refractivity contribution in [2.24, 2.45) is 5.92 Å². The second kappa shape index (κ2) is 7.83. The van der Waals surface area contributed by atoms with Crippen LogP contribution in [0.4, 0.5) is 5.13 Å². The predicted molar refractivity (Wildman–Crippen MR) is 110 cm³/mol. The Hall–Kier alpha value is -2.54. The lowest BCUT2D eigenvalue weighted by atomic mass is 9.98. The van der Waals surface area contributed by atoms with Crippen LogP contribution < -0.4 is 4.90 Å². The number of anilines is 1. The van der Waals surface area contributed by atoms with Crippen LogP contribution in [0.3, 0.4) is 0 Å². The van der Waals surface area contributed by atoms with Crippen molar-refractivity contribution in [3.8, 4) is 0 Å². The summed E-state index contributed by atoms with van der Waals surface area (Å²) in [7, 11) is 0. The molecule has 0 bridgehead atoms. The quantitative estimate of drug-likeness (QED) is 0.795. The second-order valence-corrected chi connectivity index (χ2v) is 8.60. The molecule has 0 N–H and O–H groups in total. The fourth-order valence-corrected chi connectivity index (χ4v) is 4.54. The molecule has 1 saturated heterocycles. The molecular weight excluding hydrogens is 372 g/mol. The third-order valence-corrected chi connectivity index (χ3v) is 6.54. The zero-order chi connectivity index (χ0) is 19.7. The van der Waals surface area contributed by atoms with Crippen molar-refractivity contribution in [2.45, 2.75) is 32.6 Å². The maximum atomic E-state index is 13.0. The molecule has 7 heteroatoms. The Morgan fingerprint density at radius 3 is 2.64 bits per heavy atom. The summed E-state index contributed by atoms with van der Waals surface area (Å²) in [4.78, 5) is 28.9. The van der Waals surface area contributed by atoms with Gasteiger partial charge in [0.15, 0.2) is 0 Å². The average Bonchev–Trinajstić information content (AvgIpc) is 3.35. The van der Waals surface area contributed by atoms with E-state index in [1.165, 1.54) is 22.5 Å². The molecule has 3 heterocycles. The summed E-state index contributed by atoms with van der Waals surface area (Å²) in [5.74, 6) is 0.000971. The molecule has 1 atom stereocenters. The first-order valence-electron chi connectivity index (χ1n) is 9.70. The third kappa shape index (κ3) is 3.71. The summed E-state index contributed by atoms with van der Waals surface area (Å²) in [6.07, 6.45) is 3.22. The molecule has 28 heavy (non-hydrogen) atoms. The van der Waals surface area contributed by atoms with Crippen LogP contribution in [0, 0.1) is 5.92 Å². The van der Waals surface area contributed by atoms with E-state index in [2.05, 4.69) is 42.3 Å². The van der Waals surface area contributed by atoms with E-state index in [9.17, 15) is 9.59 Å². The monoisotopic (exact) mass is 396 g/mol. The maximum absolute atomic E-state index is 13.0. The lowest BCUT2D eigenvalue weighted by Crippen LogP contribution is -2.39. The highest BCUT2D eigenvalue weighted by Crippen LogP contribution is 2.32. The van der Waals surface area contributed by atoms with Gasteiger partial charge in [-0.15, -0.1) is 10.2 Å². The number of carbonyl (C=O) groups excluding carboxylic acids is 2. The SMILES string of the molecule is CC(C)c1nnc(N2CC(C(=O)N3CC=C(c4ccccc4)CC3)CC2=O)s1. The van der Waals surface area contributed by atoms with Crippen LogP contribution in [0.5, 0.6) is 0 Å². The Bertz CT molecular complexity index is 906. The van der Waals surface area contributed by atoms with E-state index < -0.39 is 0 Å². The Balaban J connectivity index is 1.40. The molecule has 0 saturated carbocycles. The number of amides is 2. The van der Waals surface area contributed by atoms with E-state index in [1.54, 1.807) is 4.90 Å². The molecule has 146 valence electrons. The molecule has 0 spiro atoms. The molecule has 1 aromatic heterocycles. The van der Waals surface area contributed by atoms with Crippen LogP contribution in [0.25, 0.3) is 5.57 Å². The van der Waals surface area contributed by atoms with E-state index in [-0.39, 0.29) is 30.1 Å². The first-order valence-corrected chi connectivity index (χ1v) is 10.5. The smallest absolute Gasteiger partial charge is 0.229 e. The van der Waals surface area contributed by atoms with Gasteiger partial charge >= 0.3 is 0 Å². The minimum Gasteiger partial charge on any atom is -0.338 e. The summed E-state index contributed by atoms with van der Waals surface area (Å²) in [6.45, 7) is 5.80. The van der Waals surface area contributed by atoms with E-state index in [4.69, 9.17) is 0 Å². The molecule has 1 fully saturated rings. The topological polar surface area (TPSA) is 66.4 Å². The van der Waals surface area contributed by atoms with Crippen LogP contribution in [-0.2, 0) is 9.59 Å². The van der Waals surface area contributed by atoms with E-state index in [1.807, 2.05) is 23.1 Å². The molecule has 1 aromatic carbocycles. The van der Waals surface area contributed by atoms with E-state index in [0.29, 0.717) is 24.8 Å². The van der Waals surface area contributed by atoms with Crippen LogP contribution in [-0.4, -0.2) is 46.5 Å². The number of carbonyl (C=O) groups is 2. The van der Waals surface area contributed by atoms with Gasteiger partial charge in [-0.1, -0.05) is 61.6 Å². The van der Waals surface area contributed by atoms with Crippen LogP contribution in [0.1, 0.15) is 43.2 Å². The van der Waals surface area contributed by atoms with Crippen LogP contribution in [0.2, 0.25) is 0 Å². The van der Waals surface area contributed by atoms with Gasteiger partial charge in [-0.2, -0.15) is 0 Å². The van der Waals surface area contributed by atoms with Gasteiger partial charge in [-0.3, -0.25) is 14.5 Å². The van der Waals surface area contributed by atoms with Crippen LogP contribution >= 0.6 is 11.3 Å². The highest BCUT2D eigenvalue weighted by molar-refractivity contribution is 7.15. The Morgan fingerprint density at radius 2 is 2.00 bits per heavy atom. The van der Waals surface area contributed by atoms with Gasteiger partial charge in [0.25, 0.3) is 0 Å². The third-order valence-electron chi connectivity index (χ3n) is 5.29. The molecule has 2 amide bonds. The highest BCUT2D eigenvalue weighted by Gasteiger charge is 2.38.